The van der Waals surface area contributed by atoms with E-state index in [1.165, 1.54) is 12.1 Å². The highest BCUT2D eigenvalue weighted by molar-refractivity contribution is 5.96. The standard InChI is InChI=1S/C22H20F6N2O4/c23-21(24,25)15-3-1-2-14(10-15)11-20(32)34-13-19(31)29-17-12-16(22(26,27)28)4-5-18(17)30-6-8-33-9-7-30/h1-5,10,12H,6-9,11,13H2,(H,29,31). The van der Waals surface area contributed by atoms with Crippen molar-refractivity contribution in [3.05, 3.63) is 59.2 Å². The van der Waals surface area contributed by atoms with Crippen molar-refractivity contribution in [2.24, 2.45) is 0 Å². The van der Waals surface area contributed by atoms with Crippen LogP contribution < -0.4 is 10.2 Å². The molecule has 0 atom stereocenters. The van der Waals surface area contributed by atoms with Crippen LogP contribution in [0.25, 0.3) is 0 Å². The molecule has 12 heteroatoms. The van der Waals surface area contributed by atoms with Gasteiger partial charge in [0.25, 0.3) is 5.91 Å². The molecule has 1 aliphatic rings. The van der Waals surface area contributed by atoms with Crippen molar-refractivity contribution in [3.8, 4) is 0 Å². The van der Waals surface area contributed by atoms with Crippen LogP contribution in [0.3, 0.4) is 0 Å². The summed E-state index contributed by atoms with van der Waals surface area (Å²) in [4.78, 5) is 26.0. The van der Waals surface area contributed by atoms with E-state index in [-0.39, 0.29) is 11.3 Å². The van der Waals surface area contributed by atoms with E-state index < -0.39 is 48.4 Å². The molecular weight excluding hydrogens is 470 g/mol. The fourth-order valence-corrected chi connectivity index (χ4v) is 3.30. The van der Waals surface area contributed by atoms with Crippen molar-refractivity contribution in [1.29, 1.82) is 0 Å². The minimum Gasteiger partial charge on any atom is -0.455 e. The number of nitrogens with one attached hydrogen (secondary N) is 1. The molecule has 0 unspecified atom stereocenters. The summed E-state index contributed by atoms with van der Waals surface area (Å²) in [5, 5.41) is 2.32. The van der Waals surface area contributed by atoms with E-state index in [4.69, 9.17) is 9.47 Å². The third kappa shape index (κ3) is 6.86. The Bertz CT molecular complexity index is 1030. The Hall–Kier alpha value is -3.28. The van der Waals surface area contributed by atoms with E-state index in [0.717, 1.165) is 30.3 Å². The highest BCUT2D eigenvalue weighted by Crippen LogP contribution is 2.36. The number of carbonyl (C=O) groups is 2. The number of hydrogen-bond acceptors (Lipinski definition) is 5. The number of esters is 1. The first-order valence-electron chi connectivity index (χ1n) is 10.1. The maximum absolute atomic E-state index is 13.2. The molecule has 0 bridgehead atoms. The van der Waals surface area contributed by atoms with Crippen LogP contribution in [0.15, 0.2) is 42.5 Å². The van der Waals surface area contributed by atoms with E-state index in [9.17, 15) is 35.9 Å². The van der Waals surface area contributed by atoms with Crippen LogP contribution in [0, 0.1) is 0 Å². The predicted octanol–water partition coefficient (Wildman–Crippen LogP) is 4.29. The van der Waals surface area contributed by atoms with Gasteiger partial charge in [0.15, 0.2) is 6.61 Å². The van der Waals surface area contributed by atoms with E-state index in [2.05, 4.69) is 5.32 Å². The summed E-state index contributed by atoms with van der Waals surface area (Å²) in [6.07, 6.45) is -9.73. The molecule has 0 spiro atoms. The first-order chi connectivity index (χ1) is 15.9. The number of hydrogen-bond donors (Lipinski definition) is 1. The molecule has 2 aromatic carbocycles. The Morgan fingerprint density at radius 1 is 0.941 bits per heavy atom. The van der Waals surface area contributed by atoms with Gasteiger partial charge >= 0.3 is 18.3 Å². The van der Waals surface area contributed by atoms with Crippen LogP contribution in [0.2, 0.25) is 0 Å². The molecule has 1 N–H and O–H groups in total. The second-order valence-corrected chi connectivity index (χ2v) is 7.41. The van der Waals surface area contributed by atoms with Gasteiger partial charge in [0.05, 0.1) is 42.1 Å². The van der Waals surface area contributed by atoms with Gasteiger partial charge in [-0.1, -0.05) is 18.2 Å². The molecule has 1 saturated heterocycles. The van der Waals surface area contributed by atoms with E-state index in [0.29, 0.717) is 32.0 Å². The number of carbonyl (C=O) groups excluding carboxylic acids is 2. The molecule has 1 aliphatic heterocycles. The highest BCUT2D eigenvalue weighted by atomic mass is 19.4. The zero-order valence-electron chi connectivity index (χ0n) is 17.6. The maximum Gasteiger partial charge on any atom is 0.416 e. The summed E-state index contributed by atoms with van der Waals surface area (Å²) in [7, 11) is 0. The van der Waals surface area contributed by atoms with Crippen molar-refractivity contribution >= 4 is 23.3 Å². The van der Waals surface area contributed by atoms with Gasteiger partial charge in [0, 0.05) is 13.1 Å². The van der Waals surface area contributed by atoms with Crippen molar-refractivity contribution in [3.63, 3.8) is 0 Å². The first kappa shape index (κ1) is 25.3. The number of ether oxygens (including phenoxy) is 2. The number of halogens is 6. The number of benzene rings is 2. The van der Waals surface area contributed by atoms with Crippen LogP contribution >= 0.6 is 0 Å². The zero-order valence-corrected chi connectivity index (χ0v) is 17.6. The highest BCUT2D eigenvalue weighted by Gasteiger charge is 2.32. The van der Waals surface area contributed by atoms with Crippen LogP contribution in [-0.2, 0) is 37.8 Å². The summed E-state index contributed by atoms with van der Waals surface area (Å²) in [5.41, 5.74) is -1.64. The minimum absolute atomic E-state index is 0.0349. The zero-order chi connectivity index (χ0) is 24.9. The molecule has 1 amide bonds. The van der Waals surface area contributed by atoms with Crippen molar-refractivity contribution in [2.75, 3.05) is 43.1 Å². The maximum atomic E-state index is 13.2. The van der Waals surface area contributed by atoms with Gasteiger partial charge in [0.2, 0.25) is 0 Å². The van der Waals surface area contributed by atoms with Crippen LogP contribution in [0.5, 0.6) is 0 Å². The Kier molecular flexibility index (Phi) is 7.70. The summed E-state index contributed by atoms with van der Waals surface area (Å²) < 4.78 is 87.9. The number of anilines is 2. The fourth-order valence-electron chi connectivity index (χ4n) is 3.30. The van der Waals surface area contributed by atoms with Gasteiger partial charge in [0.1, 0.15) is 0 Å². The molecule has 2 aromatic rings. The lowest BCUT2D eigenvalue weighted by Gasteiger charge is -2.31. The minimum atomic E-state index is -4.64. The second kappa shape index (κ2) is 10.3. The fraction of sp³-hybridized carbons (Fsp3) is 0.364. The first-order valence-corrected chi connectivity index (χ1v) is 10.1. The van der Waals surface area contributed by atoms with Crippen molar-refractivity contribution in [2.45, 2.75) is 18.8 Å². The lowest BCUT2D eigenvalue weighted by Crippen LogP contribution is -2.37. The van der Waals surface area contributed by atoms with Gasteiger partial charge in [-0.3, -0.25) is 9.59 Å². The van der Waals surface area contributed by atoms with Crippen LogP contribution in [0.4, 0.5) is 37.7 Å². The molecular formula is C22H20F6N2O4. The smallest absolute Gasteiger partial charge is 0.416 e. The van der Waals surface area contributed by atoms with Crippen molar-refractivity contribution in [1.82, 2.24) is 0 Å². The van der Waals surface area contributed by atoms with E-state index in [1.54, 1.807) is 4.90 Å². The van der Waals surface area contributed by atoms with E-state index >= 15 is 0 Å². The molecule has 1 fully saturated rings. The second-order valence-electron chi connectivity index (χ2n) is 7.41. The molecule has 0 aromatic heterocycles. The average Bonchev–Trinajstić information content (AvgIpc) is 2.77. The molecule has 184 valence electrons. The Balaban J connectivity index is 1.65. The largest absolute Gasteiger partial charge is 0.455 e. The molecule has 6 nitrogen and oxygen atoms in total. The Morgan fingerprint density at radius 3 is 2.24 bits per heavy atom. The quantitative estimate of drug-likeness (QED) is 0.484. The number of morpholine rings is 1. The third-order valence-corrected chi connectivity index (χ3v) is 4.92. The van der Waals surface area contributed by atoms with Gasteiger partial charge in [-0.15, -0.1) is 0 Å². The lowest BCUT2D eigenvalue weighted by molar-refractivity contribution is -0.146. The SMILES string of the molecule is O=C(COC(=O)Cc1cccc(C(F)(F)F)c1)Nc1cc(C(F)(F)F)ccc1N1CCOCC1. The van der Waals surface area contributed by atoms with E-state index in [1.807, 2.05) is 0 Å². The molecule has 1 heterocycles. The monoisotopic (exact) mass is 490 g/mol. The number of rotatable bonds is 6. The summed E-state index contributed by atoms with van der Waals surface area (Å²) in [6.45, 7) is 0.708. The van der Waals surface area contributed by atoms with Gasteiger partial charge < -0.3 is 19.7 Å². The molecule has 3 rings (SSSR count). The van der Waals surface area contributed by atoms with Gasteiger partial charge in [-0.2, -0.15) is 26.3 Å². The summed E-state index contributed by atoms with van der Waals surface area (Å²) in [5.74, 6) is -1.86. The summed E-state index contributed by atoms with van der Waals surface area (Å²) >= 11 is 0. The number of nitrogens with zero attached hydrogens (tertiary/aromatic N) is 1. The van der Waals surface area contributed by atoms with Gasteiger partial charge in [-0.25, -0.2) is 0 Å². The van der Waals surface area contributed by atoms with Crippen LogP contribution in [0.1, 0.15) is 16.7 Å². The topological polar surface area (TPSA) is 67.9 Å². The molecule has 0 saturated carbocycles. The number of amides is 1. The van der Waals surface area contributed by atoms with Gasteiger partial charge in [-0.05, 0) is 29.8 Å². The Labute approximate surface area is 190 Å². The number of alkyl halides is 6. The molecule has 0 radical (unpaired) electrons. The summed E-state index contributed by atoms with van der Waals surface area (Å²) in [6, 6.07) is 7.00. The predicted molar refractivity (Wildman–Crippen MR) is 109 cm³/mol. The average molecular weight is 490 g/mol. The Morgan fingerprint density at radius 2 is 1.59 bits per heavy atom. The lowest BCUT2D eigenvalue weighted by atomic mass is 10.1. The third-order valence-electron chi connectivity index (χ3n) is 4.92. The van der Waals surface area contributed by atoms with Crippen LogP contribution in [-0.4, -0.2) is 44.8 Å². The normalized spacial score (nSPS) is 14.6. The molecule has 34 heavy (non-hydrogen) atoms. The van der Waals surface area contributed by atoms with Crippen molar-refractivity contribution < 1.29 is 45.4 Å². The molecule has 0 aliphatic carbocycles.